The van der Waals surface area contributed by atoms with E-state index in [-0.39, 0.29) is 25.7 Å². The number of carbonyl (C=O) groups excluding carboxylic acids is 4. The van der Waals surface area contributed by atoms with Crippen molar-refractivity contribution >= 4 is 23.9 Å². The molecule has 0 spiro atoms. The Balaban J connectivity index is 4.26. The highest BCUT2D eigenvalue weighted by molar-refractivity contribution is 5.89. The minimum Gasteiger partial charge on any atom is -0.393 e. The van der Waals surface area contributed by atoms with Gasteiger partial charge in [0.1, 0.15) is 6.04 Å². The Morgan fingerprint density at radius 2 is 0.829 bits per heavy atom. The molecule has 0 saturated heterocycles. The van der Waals surface area contributed by atoms with E-state index in [1.54, 1.807) is 0 Å². The zero-order valence-electron chi connectivity index (χ0n) is 26.9. The van der Waals surface area contributed by atoms with Crippen molar-refractivity contribution in [1.29, 1.82) is 0 Å². The molecule has 0 amide bonds. The van der Waals surface area contributed by atoms with Gasteiger partial charge < -0.3 is 14.8 Å². The number of esters is 4. The average Bonchev–Trinajstić information content (AvgIpc) is 2.94. The molecule has 7 nitrogen and oxygen atoms in total. The van der Waals surface area contributed by atoms with Gasteiger partial charge in [-0.1, -0.05) is 136 Å². The number of hydrogen-bond donors (Lipinski definition) is 1. The zero-order valence-corrected chi connectivity index (χ0v) is 26.9. The van der Waals surface area contributed by atoms with Crippen LogP contribution < -0.4 is 5.32 Å². The first-order valence-corrected chi connectivity index (χ1v) is 17.2. The Morgan fingerprint density at radius 3 is 1.29 bits per heavy atom. The SMILES string of the molecule is CCCCCCCCCCCC(=O)OC(=O)CCC(NCCCCC)C(=O)OC(=O)CCCCCCCCCCC. The lowest BCUT2D eigenvalue weighted by Crippen LogP contribution is -2.40. The molecule has 0 rings (SSSR count). The molecule has 1 atom stereocenters. The molecule has 0 radical (unpaired) electrons. The van der Waals surface area contributed by atoms with E-state index in [0.717, 1.165) is 51.4 Å². The number of unbranched alkanes of at least 4 members (excludes halogenated alkanes) is 18. The van der Waals surface area contributed by atoms with Crippen molar-refractivity contribution in [1.82, 2.24) is 5.32 Å². The van der Waals surface area contributed by atoms with Crippen molar-refractivity contribution in [2.24, 2.45) is 0 Å². The summed E-state index contributed by atoms with van der Waals surface area (Å²) in [7, 11) is 0. The van der Waals surface area contributed by atoms with Gasteiger partial charge in [0.2, 0.25) is 0 Å². The lowest BCUT2D eigenvalue weighted by Gasteiger charge is -2.16. The van der Waals surface area contributed by atoms with Gasteiger partial charge in [0, 0.05) is 19.3 Å². The lowest BCUT2D eigenvalue weighted by molar-refractivity contribution is -0.161. The van der Waals surface area contributed by atoms with E-state index < -0.39 is 29.9 Å². The third kappa shape index (κ3) is 26.9. The molecule has 0 aliphatic carbocycles. The molecule has 0 aromatic carbocycles. The molecular weight excluding hydrogens is 518 g/mol. The monoisotopic (exact) mass is 581 g/mol. The van der Waals surface area contributed by atoms with Gasteiger partial charge in [0.15, 0.2) is 0 Å². The quantitative estimate of drug-likeness (QED) is 0.0535. The van der Waals surface area contributed by atoms with Crippen LogP contribution in [0.3, 0.4) is 0 Å². The smallest absolute Gasteiger partial charge is 0.330 e. The van der Waals surface area contributed by atoms with Gasteiger partial charge in [-0.3, -0.25) is 14.4 Å². The van der Waals surface area contributed by atoms with Crippen molar-refractivity contribution < 1.29 is 28.7 Å². The molecule has 0 saturated carbocycles. The normalized spacial score (nSPS) is 11.8. The van der Waals surface area contributed by atoms with Gasteiger partial charge in [-0.15, -0.1) is 0 Å². The van der Waals surface area contributed by atoms with Crippen LogP contribution in [0.15, 0.2) is 0 Å². The minimum absolute atomic E-state index is 0.0868. The van der Waals surface area contributed by atoms with Crippen molar-refractivity contribution in [3.63, 3.8) is 0 Å². The van der Waals surface area contributed by atoms with Gasteiger partial charge in [0.05, 0.1) is 0 Å². The van der Waals surface area contributed by atoms with Crippen LogP contribution in [0, 0.1) is 0 Å². The summed E-state index contributed by atoms with van der Waals surface area (Å²) >= 11 is 0. The van der Waals surface area contributed by atoms with E-state index in [1.807, 2.05) is 0 Å². The first-order valence-electron chi connectivity index (χ1n) is 17.2. The van der Waals surface area contributed by atoms with Crippen molar-refractivity contribution in [3.8, 4) is 0 Å². The molecule has 1 N–H and O–H groups in total. The van der Waals surface area contributed by atoms with Crippen LogP contribution in [-0.4, -0.2) is 36.5 Å². The summed E-state index contributed by atoms with van der Waals surface area (Å²) in [4.78, 5) is 49.2. The molecule has 0 fully saturated rings. The summed E-state index contributed by atoms with van der Waals surface area (Å²) in [6, 6.07) is -0.779. The summed E-state index contributed by atoms with van der Waals surface area (Å²) in [5.41, 5.74) is 0. The van der Waals surface area contributed by atoms with Gasteiger partial charge in [-0.05, 0) is 32.2 Å². The second-order valence-electron chi connectivity index (χ2n) is 11.5. The molecule has 0 aliphatic heterocycles. The molecule has 41 heavy (non-hydrogen) atoms. The highest BCUT2D eigenvalue weighted by Crippen LogP contribution is 2.13. The van der Waals surface area contributed by atoms with Crippen LogP contribution in [0.2, 0.25) is 0 Å². The maximum atomic E-state index is 12.7. The van der Waals surface area contributed by atoms with E-state index in [9.17, 15) is 19.2 Å². The molecular formula is C34H63NO6. The van der Waals surface area contributed by atoms with Crippen LogP contribution in [0.25, 0.3) is 0 Å². The zero-order chi connectivity index (χ0) is 30.4. The summed E-state index contributed by atoms with van der Waals surface area (Å²) in [6.07, 6.45) is 24.1. The minimum atomic E-state index is -0.779. The van der Waals surface area contributed by atoms with Crippen molar-refractivity contribution in [2.75, 3.05) is 6.54 Å². The van der Waals surface area contributed by atoms with E-state index in [2.05, 4.69) is 26.1 Å². The second-order valence-corrected chi connectivity index (χ2v) is 11.5. The van der Waals surface area contributed by atoms with Crippen LogP contribution in [0.5, 0.6) is 0 Å². The number of nitrogens with one attached hydrogen (secondary N) is 1. The highest BCUT2D eigenvalue weighted by atomic mass is 16.6. The Bertz CT molecular complexity index is 666. The van der Waals surface area contributed by atoms with Gasteiger partial charge in [-0.2, -0.15) is 0 Å². The predicted octanol–water partition coefficient (Wildman–Crippen LogP) is 8.90. The number of rotatable bonds is 29. The second kappa shape index (κ2) is 29.7. The largest absolute Gasteiger partial charge is 0.393 e. The Labute approximate surface area is 251 Å². The Kier molecular flexibility index (Phi) is 28.4. The standard InChI is InChI=1S/C34H63NO6/c1-4-7-10-12-14-16-18-20-22-25-31(36)40-33(38)28-27-30(35-29-24-9-6-3)34(39)41-32(37)26-23-21-19-17-15-13-11-8-5-2/h30,35H,4-29H2,1-3H3. The topological polar surface area (TPSA) is 98.8 Å². The molecule has 7 heteroatoms. The molecule has 0 heterocycles. The molecule has 0 aromatic rings. The molecule has 0 aromatic heterocycles. The van der Waals surface area contributed by atoms with Gasteiger partial charge >= 0.3 is 23.9 Å². The fourth-order valence-corrected chi connectivity index (χ4v) is 4.84. The van der Waals surface area contributed by atoms with Crippen LogP contribution in [0.4, 0.5) is 0 Å². The predicted molar refractivity (Wildman–Crippen MR) is 166 cm³/mol. The van der Waals surface area contributed by atoms with E-state index >= 15 is 0 Å². The van der Waals surface area contributed by atoms with Gasteiger partial charge in [0.25, 0.3) is 0 Å². The Morgan fingerprint density at radius 1 is 0.463 bits per heavy atom. The lowest BCUT2D eigenvalue weighted by atomic mass is 10.1. The Hall–Kier alpha value is -1.76. The first-order chi connectivity index (χ1) is 19.9. The number of ether oxygens (including phenoxy) is 2. The summed E-state index contributed by atoms with van der Waals surface area (Å²) in [5.74, 6) is -2.32. The number of hydrogen-bond acceptors (Lipinski definition) is 7. The van der Waals surface area contributed by atoms with Crippen LogP contribution in [-0.2, 0) is 28.7 Å². The maximum absolute atomic E-state index is 12.7. The highest BCUT2D eigenvalue weighted by Gasteiger charge is 2.24. The molecule has 0 aliphatic rings. The molecule has 1 unspecified atom stereocenters. The third-order valence-corrected chi connectivity index (χ3v) is 7.50. The van der Waals surface area contributed by atoms with Crippen molar-refractivity contribution in [2.45, 2.75) is 187 Å². The van der Waals surface area contributed by atoms with Crippen molar-refractivity contribution in [3.05, 3.63) is 0 Å². The van der Waals surface area contributed by atoms with Crippen LogP contribution >= 0.6 is 0 Å². The van der Waals surface area contributed by atoms with E-state index in [1.165, 1.54) is 77.0 Å². The van der Waals surface area contributed by atoms with Gasteiger partial charge in [-0.25, -0.2) is 4.79 Å². The van der Waals surface area contributed by atoms with E-state index in [0.29, 0.717) is 13.0 Å². The first kappa shape index (κ1) is 39.2. The van der Waals surface area contributed by atoms with Crippen LogP contribution in [0.1, 0.15) is 181 Å². The summed E-state index contributed by atoms with van der Waals surface area (Å²) in [6.45, 7) is 7.11. The maximum Gasteiger partial charge on any atom is 0.330 e. The summed E-state index contributed by atoms with van der Waals surface area (Å²) in [5, 5.41) is 3.12. The number of carbonyl (C=O) groups is 4. The average molecular weight is 582 g/mol. The fraction of sp³-hybridized carbons (Fsp3) is 0.882. The summed E-state index contributed by atoms with van der Waals surface area (Å²) < 4.78 is 10.1. The molecule has 0 bridgehead atoms. The third-order valence-electron chi connectivity index (χ3n) is 7.50. The molecule has 240 valence electrons. The van der Waals surface area contributed by atoms with E-state index in [4.69, 9.17) is 9.47 Å². The fourth-order valence-electron chi connectivity index (χ4n) is 4.84.